The molecule has 1 nitrogen and oxygen atoms in total. The number of halogens is 1. The zero-order chi connectivity index (χ0) is 9.47. The molecule has 0 radical (unpaired) electrons. The van der Waals surface area contributed by atoms with Crippen molar-refractivity contribution in [3.63, 3.8) is 0 Å². The van der Waals surface area contributed by atoms with Crippen LogP contribution in [0.25, 0.3) is 0 Å². The van der Waals surface area contributed by atoms with Gasteiger partial charge in [-0.25, -0.2) is 0 Å². The lowest BCUT2D eigenvalue weighted by Crippen LogP contribution is -2.29. The summed E-state index contributed by atoms with van der Waals surface area (Å²) in [5, 5.41) is 3.44. The van der Waals surface area contributed by atoms with Crippen LogP contribution in [0.2, 0.25) is 0 Å². The number of thioether (sulfide) groups is 1. The Kier molecular flexibility index (Phi) is 2.32. The van der Waals surface area contributed by atoms with Gasteiger partial charge in [-0.3, -0.25) is 0 Å². The monoisotopic (exact) mass is 257 g/mol. The van der Waals surface area contributed by atoms with Gasteiger partial charge in [0.2, 0.25) is 0 Å². The van der Waals surface area contributed by atoms with Gasteiger partial charge in [0.05, 0.1) is 0 Å². The van der Waals surface area contributed by atoms with Crippen LogP contribution in [0.3, 0.4) is 0 Å². The standard InChI is InChI=1S/C10H12BrNS/c1-10(2)6-12-8-5-7(11)3-4-9(8)13-10/h3-5,12H,6H2,1-2H3. The Bertz CT molecular complexity index is 336. The van der Waals surface area contributed by atoms with Gasteiger partial charge in [-0.1, -0.05) is 15.9 Å². The topological polar surface area (TPSA) is 12.0 Å². The molecule has 0 aromatic heterocycles. The van der Waals surface area contributed by atoms with Gasteiger partial charge in [-0.05, 0) is 32.0 Å². The van der Waals surface area contributed by atoms with E-state index in [0.29, 0.717) is 4.75 Å². The average Bonchev–Trinajstić information content (AvgIpc) is 2.05. The Labute approximate surface area is 91.4 Å². The summed E-state index contributed by atoms with van der Waals surface area (Å²) in [7, 11) is 0. The summed E-state index contributed by atoms with van der Waals surface area (Å²) in [6.45, 7) is 5.55. The van der Waals surface area contributed by atoms with Crippen LogP contribution in [-0.2, 0) is 0 Å². The second-order valence-corrected chi connectivity index (χ2v) is 6.52. The first-order chi connectivity index (χ1) is 6.07. The van der Waals surface area contributed by atoms with Gasteiger partial charge in [0.25, 0.3) is 0 Å². The van der Waals surface area contributed by atoms with Crippen molar-refractivity contribution in [1.29, 1.82) is 0 Å². The number of hydrogen-bond acceptors (Lipinski definition) is 2. The smallest absolute Gasteiger partial charge is 0.0490 e. The van der Waals surface area contributed by atoms with Crippen molar-refractivity contribution in [2.24, 2.45) is 0 Å². The summed E-state index contributed by atoms with van der Waals surface area (Å²) >= 11 is 5.41. The summed E-state index contributed by atoms with van der Waals surface area (Å²) in [4.78, 5) is 1.35. The van der Waals surface area contributed by atoms with Gasteiger partial charge in [-0.15, -0.1) is 11.8 Å². The number of hydrogen-bond donors (Lipinski definition) is 1. The molecule has 1 aromatic carbocycles. The Morgan fingerprint density at radius 3 is 3.00 bits per heavy atom. The maximum atomic E-state index is 3.47. The third-order valence-electron chi connectivity index (χ3n) is 2.03. The highest BCUT2D eigenvalue weighted by atomic mass is 79.9. The summed E-state index contributed by atoms with van der Waals surface area (Å²) < 4.78 is 1.44. The van der Waals surface area contributed by atoms with Crippen LogP contribution in [0.15, 0.2) is 27.6 Å². The number of anilines is 1. The van der Waals surface area contributed by atoms with Crippen molar-refractivity contribution in [3.05, 3.63) is 22.7 Å². The van der Waals surface area contributed by atoms with Gasteiger partial charge >= 0.3 is 0 Å². The molecular weight excluding hydrogens is 246 g/mol. The normalized spacial score (nSPS) is 19.0. The Balaban J connectivity index is 2.37. The zero-order valence-electron chi connectivity index (χ0n) is 7.73. The summed E-state index contributed by atoms with van der Waals surface area (Å²) in [5.74, 6) is 0. The first-order valence-electron chi connectivity index (χ1n) is 4.29. The van der Waals surface area contributed by atoms with Crippen LogP contribution < -0.4 is 5.32 Å². The minimum Gasteiger partial charge on any atom is -0.383 e. The molecule has 0 atom stereocenters. The minimum absolute atomic E-state index is 0.306. The lowest BCUT2D eigenvalue weighted by atomic mass is 10.2. The van der Waals surface area contributed by atoms with Gasteiger partial charge in [-0.2, -0.15) is 0 Å². The van der Waals surface area contributed by atoms with Crippen molar-refractivity contribution < 1.29 is 0 Å². The van der Waals surface area contributed by atoms with Crippen molar-refractivity contribution in [2.45, 2.75) is 23.5 Å². The molecule has 0 amide bonds. The Morgan fingerprint density at radius 2 is 2.23 bits per heavy atom. The van der Waals surface area contributed by atoms with Crippen LogP contribution >= 0.6 is 27.7 Å². The maximum absolute atomic E-state index is 3.47. The average molecular weight is 258 g/mol. The highest BCUT2D eigenvalue weighted by Crippen LogP contribution is 2.41. The number of rotatable bonds is 0. The third kappa shape index (κ3) is 2.02. The lowest BCUT2D eigenvalue weighted by molar-refractivity contribution is 0.739. The molecule has 1 heterocycles. The molecule has 0 aliphatic carbocycles. The first-order valence-corrected chi connectivity index (χ1v) is 5.90. The summed E-state index contributed by atoms with van der Waals surface area (Å²) in [5.41, 5.74) is 1.25. The quantitative estimate of drug-likeness (QED) is 0.760. The van der Waals surface area contributed by atoms with Gasteiger partial charge in [0.15, 0.2) is 0 Å². The molecule has 1 N–H and O–H groups in total. The molecule has 13 heavy (non-hydrogen) atoms. The van der Waals surface area contributed by atoms with E-state index in [1.807, 2.05) is 11.8 Å². The van der Waals surface area contributed by atoms with Crippen molar-refractivity contribution in [2.75, 3.05) is 11.9 Å². The van der Waals surface area contributed by atoms with E-state index >= 15 is 0 Å². The lowest BCUT2D eigenvalue weighted by Gasteiger charge is -2.31. The molecule has 1 aliphatic rings. The molecule has 3 heteroatoms. The van der Waals surface area contributed by atoms with Crippen LogP contribution in [-0.4, -0.2) is 11.3 Å². The van der Waals surface area contributed by atoms with Crippen molar-refractivity contribution in [3.8, 4) is 0 Å². The van der Waals surface area contributed by atoms with Crippen LogP contribution in [0.5, 0.6) is 0 Å². The second-order valence-electron chi connectivity index (χ2n) is 3.86. The Morgan fingerprint density at radius 1 is 1.46 bits per heavy atom. The maximum Gasteiger partial charge on any atom is 0.0490 e. The number of nitrogens with one attached hydrogen (secondary N) is 1. The SMILES string of the molecule is CC1(C)CNc2cc(Br)ccc2S1. The van der Waals surface area contributed by atoms with E-state index in [-0.39, 0.29) is 0 Å². The van der Waals surface area contributed by atoms with E-state index in [4.69, 9.17) is 0 Å². The molecule has 1 aliphatic heterocycles. The van der Waals surface area contributed by atoms with Crippen LogP contribution in [0.1, 0.15) is 13.8 Å². The highest BCUT2D eigenvalue weighted by Gasteiger charge is 2.25. The van der Waals surface area contributed by atoms with Crippen molar-refractivity contribution in [1.82, 2.24) is 0 Å². The van der Waals surface area contributed by atoms with E-state index in [0.717, 1.165) is 11.0 Å². The van der Waals surface area contributed by atoms with Gasteiger partial charge in [0.1, 0.15) is 0 Å². The zero-order valence-corrected chi connectivity index (χ0v) is 10.1. The molecule has 70 valence electrons. The van der Waals surface area contributed by atoms with Gasteiger partial charge < -0.3 is 5.32 Å². The molecule has 0 saturated carbocycles. The predicted molar refractivity (Wildman–Crippen MR) is 62.6 cm³/mol. The fraction of sp³-hybridized carbons (Fsp3) is 0.400. The van der Waals surface area contributed by atoms with Crippen LogP contribution in [0.4, 0.5) is 5.69 Å². The molecule has 0 fully saturated rings. The second kappa shape index (κ2) is 3.21. The van der Waals surface area contributed by atoms with E-state index < -0.39 is 0 Å². The van der Waals surface area contributed by atoms with E-state index in [2.05, 4.69) is 53.3 Å². The molecule has 0 saturated heterocycles. The highest BCUT2D eigenvalue weighted by molar-refractivity contribution is 9.10. The fourth-order valence-corrected chi connectivity index (χ4v) is 2.85. The molecule has 0 bridgehead atoms. The van der Waals surface area contributed by atoms with E-state index in [1.54, 1.807) is 0 Å². The molecule has 2 rings (SSSR count). The molecule has 1 aromatic rings. The summed E-state index contributed by atoms with van der Waals surface area (Å²) in [6, 6.07) is 6.39. The number of benzene rings is 1. The third-order valence-corrected chi connectivity index (χ3v) is 3.80. The number of fused-ring (bicyclic) bond motifs is 1. The first kappa shape index (κ1) is 9.41. The van der Waals surface area contributed by atoms with E-state index in [9.17, 15) is 0 Å². The fourth-order valence-electron chi connectivity index (χ4n) is 1.37. The molecule has 0 spiro atoms. The van der Waals surface area contributed by atoms with Gasteiger partial charge in [0, 0.05) is 26.3 Å². The largest absolute Gasteiger partial charge is 0.383 e. The van der Waals surface area contributed by atoms with Crippen LogP contribution in [0, 0.1) is 0 Å². The van der Waals surface area contributed by atoms with E-state index in [1.165, 1.54) is 10.6 Å². The predicted octanol–water partition coefficient (Wildman–Crippen LogP) is 3.75. The molecule has 0 unspecified atom stereocenters. The minimum atomic E-state index is 0.306. The Hall–Kier alpha value is -0.150. The van der Waals surface area contributed by atoms with Crippen molar-refractivity contribution >= 4 is 33.4 Å². The molecular formula is C10H12BrNS. The summed E-state index contributed by atoms with van der Waals surface area (Å²) in [6.07, 6.45) is 0.